The third-order valence-electron chi connectivity index (χ3n) is 6.42. The van der Waals surface area contributed by atoms with Crippen LogP contribution < -0.4 is 26.2 Å². The zero-order valence-corrected chi connectivity index (χ0v) is 19.6. The second-order valence-corrected chi connectivity index (χ2v) is 8.89. The van der Waals surface area contributed by atoms with Crippen LogP contribution in [0.2, 0.25) is 0 Å². The molecule has 6 rings (SSSR count). The summed E-state index contributed by atoms with van der Waals surface area (Å²) in [6.07, 6.45) is 6.71. The number of anilines is 2. The van der Waals surface area contributed by atoms with Crippen molar-refractivity contribution in [3.63, 3.8) is 0 Å². The first-order chi connectivity index (χ1) is 18.1. The van der Waals surface area contributed by atoms with Crippen molar-refractivity contribution in [2.45, 2.75) is 18.9 Å². The first-order valence-corrected chi connectivity index (χ1v) is 11.8. The summed E-state index contributed by atoms with van der Waals surface area (Å²) < 4.78 is 1.54. The van der Waals surface area contributed by atoms with Crippen LogP contribution in [-0.2, 0) is 0 Å². The molecule has 1 saturated heterocycles. The van der Waals surface area contributed by atoms with E-state index in [1.807, 2.05) is 4.90 Å². The molecule has 0 radical (unpaired) electrons. The van der Waals surface area contributed by atoms with Crippen LogP contribution in [0.1, 0.15) is 29.7 Å². The summed E-state index contributed by atoms with van der Waals surface area (Å²) in [6, 6.07) is 8.11. The Morgan fingerprint density at radius 2 is 1.86 bits per heavy atom. The van der Waals surface area contributed by atoms with E-state index in [9.17, 15) is 20.4 Å². The molecule has 1 saturated carbocycles. The van der Waals surface area contributed by atoms with Gasteiger partial charge in [-0.2, -0.15) is 20.1 Å². The number of H-pyrrole nitrogens is 2. The number of nitrogens with one attached hydrogen (secondary N) is 2. The van der Waals surface area contributed by atoms with Gasteiger partial charge in [-0.25, -0.2) is 14.8 Å². The fourth-order valence-electron chi connectivity index (χ4n) is 4.42. The summed E-state index contributed by atoms with van der Waals surface area (Å²) in [4.78, 5) is 34.5. The van der Waals surface area contributed by atoms with Gasteiger partial charge in [0.1, 0.15) is 29.2 Å². The SMILES string of the molecule is N#Cc1cccnc1N1CCN(c2nc3/c(=C/c4[nH]c(=O)[nH]c4O)cnn3c(=NC3CC3)c2C#N)CC1. The van der Waals surface area contributed by atoms with E-state index >= 15 is 0 Å². The summed E-state index contributed by atoms with van der Waals surface area (Å²) in [7, 11) is 0. The Bertz CT molecular complexity index is 1770. The Balaban J connectivity index is 1.44. The lowest BCUT2D eigenvalue weighted by molar-refractivity contribution is 0.454. The Labute approximate surface area is 209 Å². The summed E-state index contributed by atoms with van der Waals surface area (Å²) in [5, 5.41) is 34.6. The van der Waals surface area contributed by atoms with Gasteiger partial charge in [0, 0.05) is 37.6 Å². The number of aromatic hydroxyl groups is 1. The number of fused-ring (bicyclic) bond motifs is 1. The minimum absolute atomic E-state index is 0.137. The van der Waals surface area contributed by atoms with Crippen molar-refractivity contribution in [1.29, 1.82) is 10.5 Å². The molecule has 1 aliphatic carbocycles. The maximum Gasteiger partial charge on any atom is 0.326 e. The van der Waals surface area contributed by atoms with Gasteiger partial charge in [0.2, 0.25) is 5.88 Å². The number of hydrogen-bond acceptors (Lipinski definition) is 10. The smallest absolute Gasteiger partial charge is 0.326 e. The normalized spacial score (nSPS) is 16.8. The fraction of sp³-hybridized carbons (Fsp3) is 0.292. The van der Waals surface area contributed by atoms with Crippen molar-refractivity contribution < 1.29 is 5.11 Å². The van der Waals surface area contributed by atoms with Gasteiger partial charge in [-0.15, -0.1) is 0 Å². The number of piperazine rings is 1. The number of nitriles is 2. The molecule has 13 heteroatoms. The van der Waals surface area contributed by atoms with Crippen LogP contribution in [0.3, 0.4) is 0 Å². The molecule has 4 aromatic rings. The van der Waals surface area contributed by atoms with E-state index in [4.69, 9.17) is 9.98 Å². The van der Waals surface area contributed by atoms with Crippen molar-refractivity contribution in [3.8, 4) is 18.0 Å². The second-order valence-electron chi connectivity index (χ2n) is 8.89. The van der Waals surface area contributed by atoms with Crippen molar-refractivity contribution in [2.75, 3.05) is 36.0 Å². The zero-order chi connectivity index (χ0) is 25.5. The average Bonchev–Trinajstić information content (AvgIpc) is 3.56. The lowest BCUT2D eigenvalue weighted by atomic mass is 10.2. The number of nitrogens with zero attached hydrogens (tertiary/aromatic N) is 9. The molecule has 13 nitrogen and oxygen atoms in total. The molecule has 3 N–H and O–H groups in total. The summed E-state index contributed by atoms with van der Waals surface area (Å²) in [6.45, 7) is 2.30. The van der Waals surface area contributed by atoms with Crippen molar-refractivity contribution in [3.05, 3.63) is 62.5 Å². The molecule has 0 spiro atoms. The predicted molar refractivity (Wildman–Crippen MR) is 132 cm³/mol. The highest BCUT2D eigenvalue weighted by atomic mass is 16.3. The van der Waals surface area contributed by atoms with Crippen LogP contribution in [-0.4, -0.2) is 66.9 Å². The van der Waals surface area contributed by atoms with Gasteiger partial charge in [0.15, 0.2) is 17.0 Å². The summed E-state index contributed by atoms with van der Waals surface area (Å²) in [5.74, 6) is 0.854. The predicted octanol–water partition coefficient (Wildman–Crippen LogP) is -0.473. The molecule has 0 amide bonds. The van der Waals surface area contributed by atoms with E-state index < -0.39 is 5.69 Å². The number of rotatable bonds is 4. The Morgan fingerprint density at radius 3 is 2.51 bits per heavy atom. The first kappa shape index (κ1) is 22.3. The van der Waals surface area contributed by atoms with Crippen LogP contribution in [0.15, 0.2) is 34.3 Å². The topological polar surface area (TPSA) is 178 Å². The molecular weight excluding hydrogens is 474 g/mol. The molecule has 184 valence electrons. The van der Waals surface area contributed by atoms with Crippen LogP contribution in [0, 0.1) is 22.7 Å². The van der Waals surface area contributed by atoms with Gasteiger partial charge in [0.05, 0.1) is 17.8 Å². The number of aromatic nitrogens is 6. The van der Waals surface area contributed by atoms with Crippen LogP contribution in [0.5, 0.6) is 5.88 Å². The van der Waals surface area contributed by atoms with E-state index in [-0.39, 0.29) is 17.6 Å². The van der Waals surface area contributed by atoms with E-state index in [0.29, 0.717) is 65.3 Å². The van der Waals surface area contributed by atoms with Crippen molar-refractivity contribution >= 4 is 23.4 Å². The Morgan fingerprint density at radius 1 is 1.11 bits per heavy atom. The molecule has 4 aromatic heterocycles. The van der Waals surface area contributed by atoms with E-state index in [1.54, 1.807) is 30.6 Å². The number of imidazole rings is 1. The summed E-state index contributed by atoms with van der Waals surface area (Å²) in [5.41, 5.74) is 1.42. The van der Waals surface area contributed by atoms with Gasteiger partial charge < -0.3 is 19.9 Å². The molecule has 37 heavy (non-hydrogen) atoms. The van der Waals surface area contributed by atoms with Crippen molar-refractivity contribution in [2.24, 2.45) is 4.99 Å². The highest BCUT2D eigenvalue weighted by Gasteiger charge is 2.27. The number of hydrogen-bond donors (Lipinski definition) is 3. The highest BCUT2D eigenvalue weighted by molar-refractivity contribution is 5.63. The lowest BCUT2D eigenvalue weighted by Gasteiger charge is -2.36. The molecule has 2 aliphatic rings. The first-order valence-electron chi connectivity index (χ1n) is 11.8. The van der Waals surface area contributed by atoms with E-state index in [2.05, 4.69) is 37.1 Å². The maximum atomic E-state index is 11.6. The second kappa shape index (κ2) is 8.80. The van der Waals surface area contributed by atoms with Gasteiger partial charge in [-0.3, -0.25) is 9.98 Å². The number of aromatic amines is 2. The molecule has 1 aliphatic heterocycles. The van der Waals surface area contributed by atoms with Crippen LogP contribution in [0.25, 0.3) is 11.7 Å². The standard InChI is InChI=1S/C24H21N11O2/c25-11-14-2-1-5-27-19(14)33-6-8-34(9-7-33)21-17(12-26)22(29-16-3-4-16)35-20(31-21)15(13-28-35)10-18-23(36)32-24(37)30-18/h1-2,5,10,13,16,36H,3-4,6-9H2,(H2,30,32,37)/b15-10+,29-22?. The highest BCUT2D eigenvalue weighted by Crippen LogP contribution is 2.24. The molecule has 0 atom stereocenters. The minimum atomic E-state index is -0.532. The van der Waals surface area contributed by atoms with Gasteiger partial charge in [-0.05, 0) is 31.1 Å². The Hall–Kier alpha value is -5.17. The maximum absolute atomic E-state index is 11.6. The fourth-order valence-corrected chi connectivity index (χ4v) is 4.42. The Kier molecular flexibility index (Phi) is 5.31. The molecule has 0 aromatic carbocycles. The van der Waals surface area contributed by atoms with Crippen molar-refractivity contribution in [1.82, 2.24) is 29.5 Å². The largest absolute Gasteiger partial charge is 0.493 e. The summed E-state index contributed by atoms with van der Waals surface area (Å²) >= 11 is 0. The van der Waals surface area contributed by atoms with E-state index in [1.165, 1.54) is 4.52 Å². The van der Waals surface area contributed by atoms with Gasteiger partial charge in [-0.1, -0.05) is 0 Å². The van der Waals surface area contributed by atoms with Crippen LogP contribution in [0.4, 0.5) is 11.6 Å². The quantitative estimate of drug-likeness (QED) is 0.337. The van der Waals surface area contributed by atoms with Crippen LogP contribution >= 0.6 is 0 Å². The van der Waals surface area contributed by atoms with Gasteiger partial charge in [0.25, 0.3) is 0 Å². The third-order valence-corrected chi connectivity index (χ3v) is 6.42. The third kappa shape index (κ3) is 4.02. The van der Waals surface area contributed by atoms with E-state index in [0.717, 1.165) is 12.8 Å². The minimum Gasteiger partial charge on any atom is -0.493 e. The molecule has 0 unspecified atom stereocenters. The number of pyridine rings is 1. The molecular formula is C24H21N11O2. The molecule has 2 fully saturated rings. The lowest BCUT2D eigenvalue weighted by Crippen LogP contribution is -2.48. The molecule has 0 bridgehead atoms. The monoisotopic (exact) mass is 495 g/mol. The zero-order valence-electron chi connectivity index (χ0n) is 19.6. The molecule has 5 heterocycles. The van der Waals surface area contributed by atoms with Gasteiger partial charge >= 0.3 is 5.69 Å². The average molecular weight is 496 g/mol.